The molecular formula is C110H72N4S2. The molecule has 0 fully saturated rings. The predicted octanol–water partition coefficient (Wildman–Crippen LogP) is 31.9. The lowest BCUT2D eigenvalue weighted by Gasteiger charge is -2.27. The van der Waals surface area contributed by atoms with Gasteiger partial charge in [-0.15, -0.1) is 22.7 Å². The Hall–Kier alpha value is -14.7. The highest BCUT2D eigenvalue weighted by atomic mass is 32.1. The zero-order valence-electron chi connectivity index (χ0n) is 63.2. The molecule has 0 unspecified atom stereocenters. The van der Waals surface area contributed by atoms with Crippen molar-refractivity contribution in [2.75, 3.05) is 9.80 Å². The third-order valence-electron chi connectivity index (χ3n) is 23.2. The maximum atomic E-state index is 2.43. The third kappa shape index (κ3) is 12.0. The highest BCUT2D eigenvalue weighted by Crippen LogP contribution is 2.49. The molecule has 0 aliphatic carbocycles. The molecule has 6 heteroatoms. The molecule has 0 aliphatic heterocycles. The molecule has 116 heavy (non-hydrogen) atoms. The van der Waals surface area contributed by atoms with Crippen LogP contribution in [0, 0.1) is 0 Å². The van der Waals surface area contributed by atoms with Crippen molar-refractivity contribution in [2.24, 2.45) is 0 Å². The average Bonchev–Trinajstić information content (AvgIpc) is 1.66. The Morgan fingerprint density at radius 1 is 0.164 bits per heavy atom. The normalized spacial score (nSPS) is 11.6. The summed E-state index contributed by atoms with van der Waals surface area (Å²) in [5, 5.41) is 15.3. The van der Waals surface area contributed by atoms with E-state index in [0.29, 0.717) is 0 Å². The summed E-state index contributed by atoms with van der Waals surface area (Å²) in [6.45, 7) is 0. The topological polar surface area (TPSA) is 16.3 Å². The number of thiophene rings is 2. The van der Waals surface area contributed by atoms with E-state index in [4.69, 9.17) is 0 Å². The van der Waals surface area contributed by atoms with Gasteiger partial charge in [-0.2, -0.15) is 0 Å². The molecule has 0 bridgehead atoms. The minimum absolute atomic E-state index is 1.11. The van der Waals surface area contributed by atoms with Gasteiger partial charge in [-0.05, 0) is 195 Å². The standard InChI is InChI=1S/C58H38N2S.C52H34N2S/c1-3-14-39(15-4-1)40-28-31-46(32-29-40)59(54-26-13-24-51-49(54)33-34-52-50-23-8-10-27-57(50)61-58(51)52)47-21-12-18-43(37-47)41-16-11-17-42(36-41)44-30-35-56-53(38-44)48-22-7-9-25-55(48)60(56)45-19-5-2-6-20-45;1-3-12-35(13-4-1)36-22-27-40(28-23-36)53(48-20-11-18-45-43(48)31-32-46-44-17-8-10-21-51(44)55-52(45)46)41-29-24-37(25-30-41)38-26-33-50-47(34-38)42-16-7-9-19-49(42)54(50)39-14-5-2-6-15-39/h1-38H;1-34H. The Morgan fingerprint density at radius 3 is 0.914 bits per heavy atom. The molecule has 4 heterocycles. The first-order chi connectivity index (χ1) is 57.5. The Kier molecular flexibility index (Phi) is 16.9. The number of para-hydroxylation sites is 4. The van der Waals surface area contributed by atoms with Gasteiger partial charge in [0, 0.05) is 118 Å². The minimum atomic E-state index is 1.11. The van der Waals surface area contributed by atoms with Crippen LogP contribution in [0.5, 0.6) is 0 Å². The quantitative estimate of drug-likeness (QED) is 0.114. The van der Waals surface area contributed by atoms with E-state index < -0.39 is 0 Å². The summed E-state index contributed by atoms with van der Waals surface area (Å²) >= 11 is 3.77. The number of rotatable bonds is 13. The maximum Gasteiger partial charge on any atom is 0.0541 e. The second-order valence-electron chi connectivity index (χ2n) is 29.8. The molecule has 19 aromatic carbocycles. The third-order valence-corrected chi connectivity index (χ3v) is 25.6. The summed E-state index contributed by atoms with van der Waals surface area (Å²) in [6.07, 6.45) is 0. The Bertz CT molecular complexity index is 7670. The van der Waals surface area contributed by atoms with Crippen molar-refractivity contribution in [2.45, 2.75) is 0 Å². The summed E-state index contributed by atoms with van der Waals surface area (Å²) < 4.78 is 10.0. The van der Waals surface area contributed by atoms with Gasteiger partial charge < -0.3 is 18.9 Å². The summed E-state index contributed by atoms with van der Waals surface area (Å²) in [6, 6.07) is 159. The van der Waals surface area contributed by atoms with Crippen LogP contribution < -0.4 is 9.80 Å². The maximum absolute atomic E-state index is 2.43. The molecule has 23 aromatic rings. The van der Waals surface area contributed by atoms with Crippen molar-refractivity contribution >= 4 is 162 Å². The SMILES string of the molecule is c1ccc(-c2ccc(N(c3ccc(-c4ccc5c(c4)c4ccccc4n5-c4ccccc4)cc3)c3cccc4c3ccc3c5ccccc5sc43)cc2)cc1.c1ccc(-c2ccc(N(c3cccc(-c4cccc(-c5ccc6c(c5)c5ccccc5n6-c5ccccc5)c4)c3)c3cccc4c3ccc3c5ccccc5sc43)cc2)cc1. The van der Waals surface area contributed by atoms with Crippen molar-refractivity contribution in [3.63, 3.8) is 0 Å². The van der Waals surface area contributed by atoms with Gasteiger partial charge in [0.25, 0.3) is 0 Å². The Labute approximate surface area is 680 Å². The number of aromatic nitrogens is 2. The van der Waals surface area contributed by atoms with Crippen LogP contribution in [-0.2, 0) is 0 Å². The van der Waals surface area contributed by atoms with Crippen molar-refractivity contribution in [1.29, 1.82) is 0 Å². The molecule has 0 saturated carbocycles. The number of hydrogen-bond donors (Lipinski definition) is 0. The molecule has 23 rings (SSSR count). The highest BCUT2D eigenvalue weighted by Gasteiger charge is 2.23. The Balaban J connectivity index is 0.000000141. The Morgan fingerprint density at radius 2 is 0.457 bits per heavy atom. The van der Waals surface area contributed by atoms with Gasteiger partial charge in [-0.25, -0.2) is 0 Å². The molecule has 0 spiro atoms. The van der Waals surface area contributed by atoms with Crippen LogP contribution in [0.25, 0.3) is 173 Å². The van der Waals surface area contributed by atoms with E-state index in [2.05, 4.69) is 456 Å². The number of anilines is 6. The van der Waals surface area contributed by atoms with Crippen LogP contribution in [0.2, 0.25) is 0 Å². The van der Waals surface area contributed by atoms with Crippen LogP contribution >= 0.6 is 22.7 Å². The molecular weight excluding hydrogens is 1440 g/mol. The smallest absolute Gasteiger partial charge is 0.0541 e. The van der Waals surface area contributed by atoms with Crippen LogP contribution in [0.3, 0.4) is 0 Å². The first-order valence-electron chi connectivity index (χ1n) is 39.6. The zero-order valence-corrected chi connectivity index (χ0v) is 64.8. The van der Waals surface area contributed by atoms with E-state index in [-0.39, 0.29) is 0 Å². The van der Waals surface area contributed by atoms with Gasteiger partial charge in [0.05, 0.1) is 33.4 Å². The fourth-order valence-corrected chi connectivity index (χ4v) is 20.1. The molecule has 0 saturated heterocycles. The van der Waals surface area contributed by atoms with Crippen LogP contribution in [-0.4, -0.2) is 9.13 Å². The van der Waals surface area contributed by atoms with Crippen molar-refractivity contribution < 1.29 is 0 Å². The second-order valence-corrected chi connectivity index (χ2v) is 31.9. The molecule has 0 aliphatic rings. The molecule has 0 atom stereocenters. The molecule has 4 aromatic heterocycles. The van der Waals surface area contributed by atoms with Crippen LogP contribution in [0.1, 0.15) is 0 Å². The zero-order chi connectivity index (χ0) is 76.6. The van der Waals surface area contributed by atoms with Crippen molar-refractivity contribution in [1.82, 2.24) is 9.13 Å². The van der Waals surface area contributed by atoms with Crippen LogP contribution in [0.4, 0.5) is 34.1 Å². The van der Waals surface area contributed by atoms with Gasteiger partial charge >= 0.3 is 0 Å². The largest absolute Gasteiger partial charge is 0.310 e. The summed E-state index contributed by atoms with van der Waals surface area (Å²) in [4.78, 5) is 4.84. The van der Waals surface area contributed by atoms with Gasteiger partial charge in [-0.1, -0.05) is 297 Å². The monoisotopic (exact) mass is 1510 g/mol. The first-order valence-corrected chi connectivity index (χ1v) is 41.2. The van der Waals surface area contributed by atoms with E-state index in [1.54, 1.807) is 0 Å². The summed E-state index contributed by atoms with van der Waals surface area (Å²) in [5.41, 5.74) is 25.9. The lowest BCUT2D eigenvalue weighted by atomic mass is 9.97. The van der Waals surface area contributed by atoms with E-state index in [9.17, 15) is 0 Å². The lowest BCUT2D eigenvalue weighted by Crippen LogP contribution is -2.10. The first kappa shape index (κ1) is 68.2. The molecule has 0 radical (unpaired) electrons. The number of benzene rings is 19. The van der Waals surface area contributed by atoms with Crippen molar-refractivity contribution in [3.05, 3.63) is 437 Å². The van der Waals surface area contributed by atoms with E-state index in [0.717, 1.165) is 34.1 Å². The number of fused-ring (bicyclic) bond motifs is 16. The van der Waals surface area contributed by atoms with E-state index >= 15 is 0 Å². The van der Waals surface area contributed by atoms with Gasteiger partial charge in [-0.3, -0.25) is 0 Å². The average molecular weight is 1510 g/mol. The highest BCUT2D eigenvalue weighted by molar-refractivity contribution is 7.27. The fraction of sp³-hybridized carbons (Fsp3) is 0. The lowest BCUT2D eigenvalue weighted by molar-refractivity contribution is 1.18. The molecule has 0 amide bonds. The van der Waals surface area contributed by atoms with E-state index in [1.807, 2.05) is 22.7 Å². The second kappa shape index (κ2) is 28.8. The molecule has 0 N–H and O–H groups in total. The predicted molar refractivity (Wildman–Crippen MR) is 499 cm³/mol. The van der Waals surface area contributed by atoms with Gasteiger partial charge in [0.15, 0.2) is 0 Å². The van der Waals surface area contributed by atoms with Gasteiger partial charge in [0.1, 0.15) is 0 Å². The van der Waals surface area contributed by atoms with Crippen LogP contribution in [0.15, 0.2) is 437 Å². The van der Waals surface area contributed by atoms with Crippen molar-refractivity contribution in [3.8, 4) is 67.0 Å². The summed E-state index contributed by atoms with van der Waals surface area (Å²) in [5.74, 6) is 0. The van der Waals surface area contributed by atoms with Gasteiger partial charge in [0.2, 0.25) is 0 Å². The minimum Gasteiger partial charge on any atom is -0.310 e. The summed E-state index contributed by atoms with van der Waals surface area (Å²) in [7, 11) is 0. The molecule has 544 valence electrons. The molecule has 4 nitrogen and oxygen atoms in total. The number of hydrogen-bond acceptors (Lipinski definition) is 4. The number of nitrogens with zero attached hydrogens (tertiary/aromatic N) is 4. The van der Waals surface area contributed by atoms with E-state index in [1.165, 1.54) is 173 Å². The fourth-order valence-electron chi connectivity index (χ4n) is 17.7.